The number of esters is 1. The summed E-state index contributed by atoms with van der Waals surface area (Å²) in [7, 11) is 3.00. The maximum absolute atomic E-state index is 11.5. The van der Waals surface area contributed by atoms with Crippen LogP contribution in [0, 0.1) is 0 Å². The van der Waals surface area contributed by atoms with Gasteiger partial charge in [0.15, 0.2) is 4.60 Å². The summed E-state index contributed by atoms with van der Waals surface area (Å²) in [6.45, 7) is 0.529. The number of nitrogens with zero attached hydrogens (tertiary/aromatic N) is 3. The second-order valence-electron chi connectivity index (χ2n) is 5.30. The molecule has 1 heterocycles. The molecule has 0 radical (unpaired) electrons. The predicted octanol–water partition coefficient (Wildman–Crippen LogP) is 3.55. The third-order valence-corrected chi connectivity index (χ3v) is 4.30. The number of hydrogen-bond donors (Lipinski definition) is 0. The Balaban J connectivity index is 1.87. The van der Waals surface area contributed by atoms with Gasteiger partial charge in [-0.15, -0.1) is 5.10 Å². The highest BCUT2D eigenvalue weighted by atomic mass is 79.9. The molecule has 0 aliphatic carbocycles. The van der Waals surface area contributed by atoms with Gasteiger partial charge in [-0.1, -0.05) is 17.3 Å². The van der Waals surface area contributed by atoms with E-state index in [1.54, 1.807) is 23.9 Å². The van der Waals surface area contributed by atoms with Gasteiger partial charge in [-0.25, -0.2) is 9.48 Å². The van der Waals surface area contributed by atoms with Crippen LogP contribution in [0.15, 0.2) is 53.1 Å². The Labute approximate surface area is 153 Å². The monoisotopic (exact) mass is 401 g/mol. The Hall–Kier alpha value is -2.67. The van der Waals surface area contributed by atoms with Crippen LogP contribution in [0.2, 0.25) is 0 Å². The van der Waals surface area contributed by atoms with Crippen molar-refractivity contribution < 1.29 is 14.3 Å². The highest BCUT2D eigenvalue weighted by Crippen LogP contribution is 2.28. The average molecular weight is 402 g/mol. The summed E-state index contributed by atoms with van der Waals surface area (Å²) in [5.41, 5.74) is 3.37. The minimum Gasteiger partial charge on any atom is -0.497 e. The fourth-order valence-corrected chi connectivity index (χ4v) is 2.96. The predicted molar refractivity (Wildman–Crippen MR) is 96.6 cm³/mol. The third kappa shape index (κ3) is 3.71. The fourth-order valence-electron chi connectivity index (χ4n) is 2.46. The van der Waals surface area contributed by atoms with Crippen LogP contribution in [0.3, 0.4) is 0 Å². The summed E-state index contributed by atoms with van der Waals surface area (Å²) in [6, 6.07) is 14.9. The number of carbonyl (C=O) groups is 1. The van der Waals surface area contributed by atoms with Gasteiger partial charge in [0, 0.05) is 5.56 Å². The molecule has 0 aliphatic rings. The van der Waals surface area contributed by atoms with E-state index in [-0.39, 0.29) is 5.97 Å². The maximum atomic E-state index is 11.5. The van der Waals surface area contributed by atoms with Crippen LogP contribution < -0.4 is 4.74 Å². The lowest BCUT2D eigenvalue weighted by Crippen LogP contribution is -2.05. The molecule has 0 N–H and O–H groups in total. The van der Waals surface area contributed by atoms with Gasteiger partial charge in [0.25, 0.3) is 0 Å². The van der Waals surface area contributed by atoms with Gasteiger partial charge in [-0.2, -0.15) is 0 Å². The van der Waals surface area contributed by atoms with Crippen LogP contribution in [0.4, 0.5) is 0 Å². The SMILES string of the molecule is COC(=O)c1ccc(Cn2nnc(Br)c2-c2ccc(OC)cc2)cc1. The van der Waals surface area contributed by atoms with Crippen LogP contribution >= 0.6 is 15.9 Å². The second kappa shape index (κ2) is 7.48. The molecule has 0 aliphatic heterocycles. The van der Waals surface area contributed by atoms with Crippen molar-refractivity contribution in [2.24, 2.45) is 0 Å². The molecule has 0 saturated carbocycles. The van der Waals surface area contributed by atoms with Crippen molar-refractivity contribution in [1.82, 2.24) is 15.0 Å². The Kier molecular flexibility index (Phi) is 5.14. The lowest BCUT2D eigenvalue weighted by Gasteiger charge is -2.08. The number of hydrogen-bond acceptors (Lipinski definition) is 5. The normalized spacial score (nSPS) is 10.5. The van der Waals surface area contributed by atoms with Crippen LogP contribution in [-0.4, -0.2) is 35.2 Å². The molecule has 0 amide bonds. The van der Waals surface area contributed by atoms with Gasteiger partial charge < -0.3 is 9.47 Å². The highest BCUT2D eigenvalue weighted by molar-refractivity contribution is 9.10. The molecular weight excluding hydrogens is 386 g/mol. The summed E-state index contributed by atoms with van der Waals surface area (Å²) >= 11 is 3.46. The van der Waals surface area contributed by atoms with Crippen LogP contribution in [0.25, 0.3) is 11.3 Å². The summed E-state index contributed by atoms with van der Waals surface area (Å²) in [4.78, 5) is 11.5. The number of aromatic nitrogens is 3. The molecule has 7 heteroatoms. The van der Waals surface area contributed by atoms with Crippen LogP contribution in [0.5, 0.6) is 5.75 Å². The Morgan fingerprint density at radius 2 is 1.76 bits per heavy atom. The van der Waals surface area contributed by atoms with Gasteiger partial charge in [0.2, 0.25) is 0 Å². The van der Waals surface area contributed by atoms with E-state index in [1.165, 1.54) is 7.11 Å². The first kappa shape index (κ1) is 17.2. The Bertz CT molecular complexity index is 874. The van der Waals surface area contributed by atoms with E-state index in [0.717, 1.165) is 22.6 Å². The lowest BCUT2D eigenvalue weighted by atomic mass is 10.1. The lowest BCUT2D eigenvalue weighted by molar-refractivity contribution is 0.0600. The average Bonchev–Trinajstić information content (AvgIpc) is 3.02. The van der Waals surface area contributed by atoms with Crippen molar-refractivity contribution in [3.63, 3.8) is 0 Å². The molecule has 1 aromatic heterocycles. The minimum atomic E-state index is -0.353. The molecule has 0 bridgehead atoms. The van der Waals surface area contributed by atoms with Crippen LogP contribution in [0.1, 0.15) is 15.9 Å². The van der Waals surface area contributed by atoms with Gasteiger partial charge in [-0.3, -0.25) is 0 Å². The minimum absolute atomic E-state index is 0.353. The van der Waals surface area contributed by atoms with E-state index < -0.39 is 0 Å². The number of rotatable bonds is 5. The fraction of sp³-hybridized carbons (Fsp3) is 0.167. The standard InChI is InChI=1S/C18H16BrN3O3/c1-24-15-9-7-13(8-10-15)16-17(19)20-21-22(16)11-12-3-5-14(6-4-12)18(23)25-2/h3-10H,11H2,1-2H3. The van der Waals surface area contributed by atoms with Gasteiger partial charge >= 0.3 is 5.97 Å². The zero-order valence-corrected chi connectivity index (χ0v) is 15.4. The van der Waals surface area contributed by atoms with Crippen molar-refractivity contribution in [3.05, 3.63) is 64.3 Å². The molecule has 0 spiro atoms. The largest absolute Gasteiger partial charge is 0.497 e. The molecule has 0 saturated heterocycles. The smallest absolute Gasteiger partial charge is 0.337 e. The second-order valence-corrected chi connectivity index (χ2v) is 6.05. The first-order valence-corrected chi connectivity index (χ1v) is 8.32. The molecule has 0 unspecified atom stereocenters. The Morgan fingerprint density at radius 3 is 2.36 bits per heavy atom. The number of halogens is 1. The van der Waals surface area contributed by atoms with E-state index in [0.29, 0.717) is 16.7 Å². The summed E-state index contributed by atoms with van der Waals surface area (Å²) in [5.74, 6) is 0.436. The molecule has 3 aromatic rings. The molecule has 6 nitrogen and oxygen atoms in total. The third-order valence-electron chi connectivity index (χ3n) is 3.76. The number of methoxy groups -OCH3 is 2. The van der Waals surface area contributed by atoms with Gasteiger partial charge in [0.05, 0.1) is 26.3 Å². The van der Waals surface area contributed by atoms with E-state index in [1.807, 2.05) is 36.4 Å². The maximum Gasteiger partial charge on any atom is 0.337 e. The molecule has 0 atom stereocenters. The molecule has 128 valence electrons. The number of ether oxygens (including phenoxy) is 2. The molecule has 25 heavy (non-hydrogen) atoms. The van der Waals surface area contributed by atoms with Crippen LogP contribution in [-0.2, 0) is 11.3 Å². The van der Waals surface area contributed by atoms with Crippen molar-refractivity contribution in [2.45, 2.75) is 6.54 Å². The first-order chi connectivity index (χ1) is 12.1. The van der Waals surface area contributed by atoms with Gasteiger partial charge in [-0.05, 0) is 57.9 Å². The van der Waals surface area contributed by atoms with Gasteiger partial charge in [0.1, 0.15) is 11.4 Å². The highest BCUT2D eigenvalue weighted by Gasteiger charge is 2.14. The zero-order valence-electron chi connectivity index (χ0n) is 13.8. The van der Waals surface area contributed by atoms with Crippen molar-refractivity contribution >= 4 is 21.9 Å². The zero-order chi connectivity index (χ0) is 17.8. The first-order valence-electron chi connectivity index (χ1n) is 7.53. The van der Waals surface area contributed by atoms with E-state index in [2.05, 4.69) is 26.2 Å². The van der Waals surface area contributed by atoms with Crippen molar-refractivity contribution in [2.75, 3.05) is 14.2 Å². The van der Waals surface area contributed by atoms with E-state index in [9.17, 15) is 4.79 Å². The molecule has 3 rings (SSSR count). The number of benzene rings is 2. The topological polar surface area (TPSA) is 66.2 Å². The van der Waals surface area contributed by atoms with Crippen molar-refractivity contribution in [1.29, 1.82) is 0 Å². The summed E-state index contributed by atoms with van der Waals surface area (Å²) in [6.07, 6.45) is 0. The summed E-state index contributed by atoms with van der Waals surface area (Å²) in [5, 5.41) is 8.32. The van der Waals surface area contributed by atoms with E-state index in [4.69, 9.17) is 9.47 Å². The number of carbonyl (C=O) groups excluding carboxylic acids is 1. The molecule has 0 fully saturated rings. The summed E-state index contributed by atoms with van der Waals surface area (Å²) < 4.78 is 12.4. The quantitative estimate of drug-likeness (QED) is 0.611. The Morgan fingerprint density at radius 1 is 1.08 bits per heavy atom. The van der Waals surface area contributed by atoms with Crippen molar-refractivity contribution in [3.8, 4) is 17.0 Å². The van der Waals surface area contributed by atoms with E-state index >= 15 is 0 Å². The molecular formula is C18H16BrN3O3. The molecule has 2 aromatic carbocycles.